The first-order valence-corrected chi connectivity index (χ1v) is 10.3. The van der Waals surface area contributed by atoms with Crippen LogP contribution in [0.3, 0.4) is 0 Å². The molecule has 0 spiro atoms. The minimum Gasteiger partial charge on any atom is -0.356 e. The van der Waals surface area contributed by atoms with Gasteiger partial charge in [-0.15, -0.1) is 0 Å². The molecule has 0 saturated heterocycles. The average Bonchev–Trinajstić information content (AvgIpc) is 2.75. The number of aliphatic imine (C=N–C) groups is 1. The number of carbonyl (C=O) groups is 1. The normalized spacial score (nSPS) is 11.8. The molecule has 2 rings (SSSR count). The van der Waals surface area contributed by atoms with Gasteiger partial charge in [-0.05, 0) is 37.1 Å². The van der Waals surface area contributed by atoms with Gasteiger partial charge < -0.3 is 15.5 Å². The Morgan fingerprint density at radius 2 is 1.59 bits per heavy atom. The summed E-state index contributed by atoms with van der Waals surface area (Å²) < 4.78 is 0. The molecule has 2 aromatic rings. The molecule has 2 aromatic carbocycles. The van der Waals surface area contributed by atoms with Crippen LogP contribution >= 0.6 is 0 Å². The van der Waals surface area contributed by atoms with E-state index in [0.717, 1.165) is 36.7 Å². The van der Waals surface area contributed by atoms with Crippen molar-refractivity contribution in [1.82, 2.24) is 15.5 Å². The van der Waals surface area contributed by atoms with Crippen LogP contribution in [0, 0.1) is 0 Å². The fourth-order valence-corrected chi connectivity index (χ4v) is 3.16. The van der Waals surface area contributed by atoms with E-state index in [9.17, 15) is 4.79 Å². The lowest BCUT2D eigenvalue weighted by atomic mass is 9.85. The van der Waals surface area contributed by atoms with E-state index >= 15 is 0 Å². The number of amides is 1. The standard InChI is InChI=1S/C24H34N4O/c1-6-28(7-2)22(29)20-15-13-19(14-16-20)17-26-23(25-5)27-18-24(3,4)21-11-9-8-10-12-21/h8-16H,6-7,17-18H2,1-5H3,(H2,25,26,27). The number of nitrogens with zero attached hydrogens (tertiary/aromatic N) is 2. The maximum Gasteiger partial charge on any atom is 0.253 e. The second-order valence-electron chi connectivity index (χ2n) is 7.70. The van der Waals surface area contributed by atoms with Crippen molar-refractivity contribution in [1.29, 1.82) is 0 Å². The van der Waals surface area contributed by atoms with Crippen molar-refractivity contribution in [3.8, 4) is 0 Å². The second kappa shape index (κ2) is 10.6. The summed E-state index contributed by atoms with van der Waals surface area (Å²) in [6.45, 7) is 11.3. The molecule has 0 aliphatic carbocycles. The van der Waals surface area contributed by atoms with Crippen LogP contribution < -0.4 is 10.6 Å². The van der Waals surface area contributed by atoms with Gasteiger partial charge in [-0.2, -0.15) is 0 Å². The Hall–Kier alpha value is -2.82. The van der Waals surface area contributed by atoms with Crippen LogP contribution in [0.4, 0.5) is 0 Å². The fourth-order valence-electron chi connectivity index (χ4n) is 3.16. The number of benzene rings is 2. The summed E-state index contributed by atoms with van der Waals surface area (Å²) in [5, 5.41) is 6.76. The van der Waals surface area contributed by atoms with E-state index in [1.807, 2.05) is 49.1 Å². The molecule has 0 atom stereocenters. The van der Waals surface area contributed by atoms with Crippen LogP contribution in [0.1, 0.15) is 49.2 Å². The third-order valence-electron chi connectivity index (χ3n) is 5.19. The van der Waals surface area contributed by atoms with Gasteiger partial charge in [0.15, 0.2) is 5.96 Å². The van der Waals surface area contributed by atoms with Gasteiger partial charge in [0.2, 0.25) is 0 Å². The lowest BCUT2D eigenvalue weighted by Gasteiger charge is -2.26. The maximum absolute atomic E-state index is 12.4. The molecule has 5 nitrogen and oxygen atoms in total. The van der Waals surface area contributed by atoms with Crippen LogP contribution in [0.2, 0.25) is 0 Å². The number of carbonyl (C=O) groups excluding carboxylic acids is 1. The van der Waals surface area contributed by atoms with E-state index in [2.05, 4.69) is 53.7 Å². The summed E-state index contributed by atoms with van der Waals surface area (Å²) in [5.41, 5.74) is 3.11. The van der Waals surface area contributed by atoms with E-state index in [1.165, 1.54) is 5.56 Å². The molecule has 0 aromatic heterocycles. The van der Waals surface area contributed by atoms with Gasteiger partial charge in [-0.3, -0.25) is 9.79 Å². The van der Waals surface area contributed by atoms with Crippen molar-refractivity contribution >= 4 is 11.9 Å². The number of rotatable bonds is 8. The van der Waals surface area contributed by atoms with E-state index in [1.54, 1.807) is 7.05 Å². The highest BCUT2D eigenvalue weighted by Crippen LogP contribution is 2.21. The third-order valence-corrected chi connectivity index (χ3v) is 5.19. The number of nitrogens with one attached hydrogen (secondary N) is 2. The fraction of sp³-hybridized carbons (Fsp3) is 0.417. The highest BCUT2D eigenvalue weighted by molar-refractivity contribution is 5.94. The third kappa shape index (κ3) is 6.34. The Morgan fingerprint density at radius 3 is 2.14 bits per heavy atom. The molecule has 0 aliphatic rings. The minimum absolute atomic E-state index is 0.00861. The van der Waals surface area contributed by atoms with Gasteiger partial charge in [0.1, 0.15) is 0 Å². The van der Waals surface area contributed by atoms with E-state index < -0.39 is 0 Å². The van der Waals surface area contributed by atoms with Crippen molar-refractivity contribution in [2.75, 3.05) is 26.7 Å². The zero-order valence-corrected chi connectivity index (χ0v) is 18.3. The summed E-state index contributed by atoms with van der Waals surface area (Å²) in [7, 11) is 1.77. The SMILES string of the molecule is CCN(CC)C(=O)c1ccc(CNC(=NC)NCC(C)(C)c2ccccc2)cc1. The quantitative estimate of drug-likeness (QED) is 0.529. The lowest BCUT2D eigenvalue weighted by molar-refractivity contribution is 0.0773. The molecule has 0 radical (unpaired) electrons. The van der Waals surface area contributed by atoms with Crippen molar-refractivity contribution < 1.29 is 4.79 Å². The van der Waals surface area contributed by atoms with Crippen LogP contribution in [0.15, 0.2) is 59.6 Å². The van der Waals surface area contributed by atoms with Crippen molar-refractivity contribution in [3.63, 3.8) is 0 Å². The molecule has 1 amide bonds. The molecule has 0 aliphatic heterocycles. The lowest BCUT2D eigenvalue weighted by Crippen LogP contribution is -2.43. The van der Waals surface area contributed by atoms with Crippen molar-refractivity contribution in [2.45, 2.75) is 39.7 Å². The smallest absolute Gasteiger partial charge is 0.253 e. The molecule has 0 unspecified atom stereocenters. The van der Waals surface area contributed by atoms with Gasteiger partial charge in [-0.25, -0.2) is 0 Å². The first-order chi connectivity index (χ1) is 13.9. The molecular weight excluding hydrogens is 360 g/mol. The number of hydrogen-bond donors (Lipinski definition) is 2. The van der Waals surface area contributed by atoms with Crippen LogP contribution in [0.25, 0.3) is 0 Å². The summed E-state index contributed by atoms with van der Waals surface area (Å²) >= 11 is 0. The van der Waals surface area contributed by atoms with Gasteiger partial charge in [0, 0.05) is 44.2 Å². The van der Waals surface area contributed by atoms with Gasteiger partial charge in [-0.1, -0.05) is 56.3 Å². The zero-order valence-electron chi connectivity index (χ0n) is 18.3. The summed E-state index contributed by atoms with van der Waals surface area (Å²) in [6, 6.07) is 18.2. The van der Waals surface area contributed by atoms with E-state index in [4.69, 9.17) is 0 Å². The van der Waals surface area contributed by atoms with E-state index in [-0.39, 0.29) is 11.3 Å². The summed E-state index contributed by atoms with van der Waals surface area (Å²) in [4.78, 5) is 18.6. The zero-order chi connectivity index (χ0) is 21.3. The van der Waals surface area contributed by atoms with Crippen molar-refractivity contribution in [3.05, 3.63) is 71.3 Å². The van der Waals surface area contributed by atoms with Crippen molar-refractivity contribution in [2.24, 2.45) is 4.99 Å². The monoisotopic (exact) mass is 394 g/mol. The highest BCUT2D eigenvalue weighted by Gasteiger charge is 2.20. The Morgan fingerprint density at radius 1 is 0.966 bits per heavy atom. The molecule has 0 saturated carbocycles. The predicted octanol–water partition coefficient (Wildman–Crippen LogP) is 3.81. The molecule has 0 fully saturated rings. The molecular formula is C24H34N4O. The van der Waals surface area contributed by atoms with Crippen LogP contribution in [-0.4, -0.2) is 43.4 Å². The number of hydrogen-bond acceptors (Lipinski definition) is 2. The predicted molar refractivity (Wildman–Crippen MR) is 121 cm³/mol. The molecule has 29 heavy (non-hydrogen) atoms. The minimum atomic E-state index is -0.00861. The highest BCUT2D eigenvalue weighted by atomic mass is 16.2. The second-order valence-corrected chi connectivity index (χ2v) is 7.70. The van der Waals surface area contributed by atoms with E-state index in [0.29, 0.717) is 6.54 Å². The molecule has 0 bridgehead atoms. The molecule has 156 valence electrons. The largest absolute Gasteiger partial charge is 0.356 e. The van der Waals surface area contributed by atoms with Crippen LogP contribution in [-0.2, 0) is 12.0 Å². The van der Waals surface area contributed by atoms with Gasteiger partial charge in [0.25, 0.3) is 5.91 Å². The topological polar surface area (TPSA) is 56.7 Å². The first kappa shape index (κ1) is 22.5. The molecule has 5 heteroatoms. The first-order valence-electron chi connectivity index (χ1n) is 10.3. The Bertz CT molecular complexity index is 793. The number of guanidine groups is 1. The summed E-state index contributed by atoms with van der Waals surface area (Å²) in [6.07, 6.45) is 0. The Balaban J connectivity index is 1.90. The van der Waals surface area contributed by atoms with Gasteiger partial charge in [0.05, 0.1) is 0 Å². The summed E-state index contributed by atoms with van der Waals surface area (Å²) in [5.74, 6) is 0.840. The Labute approximate surface area is 175 Å². The molecule has 0 heterocycles. The Kier molecular flexibility index (Phi) is 8.25. The maximum atomic E-state index is 12.4. The van der Waals surface area contributed by atoms with Gasteiger partial charge >= 0.3 is 0 Å². The molecule has 2 N–H and O–H groups in total. The average molecular weight is 395 g/mol. The van der Waals surface area contributed by atoms with Crippen LogP contribution in [0.5, 0.6) is 0 Å².